The molecule has 46 heavy (non-hydrogen) atoms. The van der Waals surface area contributed by atoms with Crippen molar-refractivity contribution in [2.45, 2.75) is 46.1 Å². The van der Waals surface area contributed by atoms with E-state index in [1.165, 1.54) is 16.7 Å². The summed E-state index contributed by atoms with van der Waals surface area (Å²) in [5.74, 6) is 0.729. The van der Waals surface area contributed by atoms with Crippen LogP contribution in [0.3, 0.4) is 0 Å². The molecular formula is C38H40N6O2. The molecule has 2 aromatic carbocycles. The molecule has 0 amide bonds. The van der Waals surface area contributed by atoms with Crippen LogP contribution in [0.2, 0.25) is 0 Å². The molecule has 4 aromatic heterocycles. The zero-order chi connectivity index (χ0) is 31.9. The maximum absolute atomic E-state index is 9.12. The third kappa shape index (κ3) is 6.89. The molecular weight excluding hydrogens is 572 g/mol. The van der Waals surface area contributed by atoms with Gasteiger partial charge in [0.15, 0.2) is 5.82 Å². The molecule has 4 N–H and O–H groups in total. The summed E-state index contributed by atoms with van der Waals surface area (Å²) in [7, 11) is 0. The van der Waals surface area contributed by atoms with Gasteiger partial charge in [0.25, 0.3) is 0 Å². The van der Waals surface area contributed by atoms with Crippen LogP contribution in [-0.4, -0.2) is 49.9 Å². The molecule has 0 saturated carbocycles. The topological polar surface area (TPSA) is 116 Å². The minimum atomic E-state index is 0.112. The first-order valence-electron chi connectivity index (χ1n) is 15.9. The number of aryl methyl sites for hydroxylation is 1. The molecule has 4 heterocycles. The van der Waals surface area contributed by atoms with Crippen LogP contribution in [0.1, 0.15) is 46.4 Å². The Hall–Kier alpha value is -4.76. The zero-order valence-corrected chi connectivity index (χ0v) is 26.4. The van der Waals surface area contributed by atoms with Crippen LogP contribution in [0.15, 0.2) is 85.5 Å². The molecule has 0 spiro atoms. The maximum Gasteiger partial charge on any atom is 0.156 e. The predicted molar refractivity (Wildman–Crippen MR) is 185 cm³/mol. The number of rotatable bonds is 13. The lowest BCUT2D eigenvalue weighted by Gasteiger charge is -2.17. The number of hydrogen-bond donors (Lipinski definition) is 4. The molecule has 8 heteroatoms. The maximum atomic E-state index is 9.12. The van der Waals surface area contributed by atoms with E-state index in [1.807, 2.05) is 36.9 Å². The highest BCUT2D eigenvalue weighted by Gasteiger charge is 2.15. The SMILES string of the molecule is Cc1c(Cc2nccc3cc(CNCCO)cnc23)cccc1-c1cccc(Nc2nccc3cc(CCCCO)cnc23)c1C. The smallest absolute Gasteiger partial charge is 0.156 e. The van der Waals surface area contributed by atoms with Gasteiger partial charge in [-0.15, -0.1) is 0 Å². The van der Waals surface area contributed by atoms with Crippen LogP contribution in [0.5, 0.6) is 0 Å². The molecule has 0 fully saturated rings. The minimum Gasteiger partial charge on any atom is -0.396 e. The number of unbranched alkanes of at least 4 members (excludes halogenated alkanes) is 1. The molecule has 0 aliphatic heterocycles. The average molecular weight is 613 g/mol. The van der Waals surface area contributed by atoms with E-state index in [-0.39, 0.29) is 13.2 Å². The molecule has 0 saturated heterocycles. The average Bonchev–Trinajstić information content (AvgIpc) is 3.07. The lowest BCUT2D eigenvalue weighted by molar-refractivity contribution is 0.284. The van der Waals surface area contributed by atoms with Gasteiger partial charge in [-0.25, -0.2) is 4.98 Å². The largest absolute Gasteiger partial charge is 0.396 e. The van der Waals surface area contributed by atoms with Crippen molar-refractivity contribution in [3.05, 3.63) is 119 Å². The van der Waals surface area contributed by atoms with Crippen molar-refractivity contribution in [3.63, 3.8) is 0 Å². The lowest BCUT2D eigenvalue weighted by Crippen LogP contribution is -2.17. The van der Waals surface area contributed by atoms with E-state index in [9.17, 15) is 0 Å². The Morgan fingerprint density at radius 2 is 1.41 bits per heavy atom. The number of pyridine rings is 4. The van der Waals surface area contributed by atoms with Crippen molar-refractivity contribution in [1.82, 2.24) is 25.3 Å². The van der Waals surface area contributed by atoms with Gasteiger partial charge in [-0.05, 0) is 102 Å². The van der Waals surface area contributed by atoms with E-state index in [0.29, 0.717) is 19.5 Å². The quantitative estimate of drug-likeness (QED) is 0.108. The van der Waals surface area contributed by atoms with Crippen molar-refractivity contribution in [2.75, 3.05) is 25.1 Å². The Balaban J connectivity index is 1.26. The summed E-state index contributed by atoms with van der Waals surface area (Å²) >= 11 is 0. The molecule has 0 atom stereocenters. The number of aliphatic hydroxyl groups is 2. The Morgan fingerprint density at radius 3 is 2.24 bits per heavy atom. The van der Waals surface area contributed by atoms with Gasteiger partial charge in [-0.3, -0.25) is 15.0 Å². The number of aromatic nitrogens is 4. The molecule has 8 nitrogen and oxygen atoms in total. The fraction of sp³-hybridized carbons (Fsp3) is 0.263. The first-order valence-corrected chi connectivity index (χ1v) is 15.9. The van der Waals surface area contributed by atoms with Crippen LogP contribution in [0.25, 0.3) is 32.9 Å². The lowest BCUT2D eigenvalue weighted by atomic mass is 9.91. The van der Waals surface area contributed by atoms with Gasteiger partial charge >= 0.3 is 0 Å². The third-order valence-electron chi connectivity index (χ3n) is 8.56. The highest BCUT2D eigenvalue weighted by molar-refractivity contribution is 5.91. The number of anilines is 2. The summed E-state index contributed by atoms with van der Waals surface area (Å²) < 4.78 is 0. The van der Waals surface area contributed by atoms with Gasteiger partial charge < -0.3 is 20.8 Å². The molecule has 0 unspecified atom stereocenters. The Morgan fingerprint density at radius 1 is 0.696 bits per heavy atom. The first kappa shape index (κ1) is 31.2. The van der Waals surface area contributed by atoms with Crippen molar-refractivity contribution in [2.24, 2.45) is 0 Å². The predicted octanol–water partition coefficient (Wildman–Crippen LogP) is 6.59. The van der Waals surface area contributed by atoms with Gasteiger partial charge in [0, 0.05) is 67.4 Å². The number of nitrogens with zero attached hydrogens (tertiary/aromatic N) is 4. The molecule has 6 aromatic rings. The Labute approximate surface area is 269 Å². The third-order valence-corrected chi connectivity index (χ3v) is 8.56. The Kier molecular flexibility index (Phi) is 9.88. The van der Waals surface area contributed by atoms with E-state index in [4.69, 9.17) is 25.2 Å². The van der Waals surface area contributed by atoms with Gasteiger partial charge in [-0.2, -0.15) is 0 Å². The van der Waals surface area contributed by atoms with Gasteiger partial charge in [-0.1, -0.05) is 30.3 Å². The molecule has 6 rings (SSSR count). The van der Waals surface area contributed by atoms with Crippen molar-refractivity contribution >= 4 is 33.3 Å². The van der Waals surface area contributed by atoms with Crippen LogP contribution < -0.4 is 10.6 Å². The van der Waals surface area contributed by atoms with E-state index in [2.05, 4.69) is 78.0 Å². The number of aliphatic hydroxyl groups excluding tert-OH is 2. The first-order chi connectivity index (χ1) is 22.6. The fourth-order valence-electron chi connectivity index (χ4n) is 6.01. The second kappa shape index (κ2) is 14.6. The van der Waals surface area contributed by atoms with Crippen molar-refractivity contribution in [1.29, 1.82) is 0 Å². The molecule has 0 aliphatic rings. The summed E-state index contributed by atoms with van der Waals surface area (Å²) in [5.41, 5.74) is 11.8. The van der Waals surface area contributed by atoms with E-state index in [1.54, 1.807) is 0 Å². The van der Waals surface area contributed by atoms with Gasteiger partial charge in [0.05, 0.1) is 17.8 Å². The van der Waals surface area contributed by atoms with Crippen LogP contribution in [0, 0.1) is 13.8 Å². The van der Waals surface area contributed by atoms with Crippen LogP contribution in [0.4, 0.5) is 11.5 Å². The highest BCUT2D eigenvalue weighted by atomic mass is 16.3. The monoisotopic (exact) mass is 612 g/mol. The normalized spacial score (nSPS) is 11.4. The van der Waals surface area contributed by atoms with Crippen LogP contribution >= 0.6 is 0 Å². The standard InChI is InChI=1S/C38H40N6O2/c1-25-29(21-35-36-30(12-14-40-35)20-28(24-42-36)22-39-16-18-46)8-5-9-32(25)33-10-6-11-34(26(33)2)44-38-37-31(13-15-41-38)19-27(23-43-37)7-3-4-17-45/h5-6,8-15,19-20,23-24,39,45-46H,3-4,7,16-18,21-22H2,1-2H3,(H,41,44). The van der Waals surface area contributed by atoms with Crippen molar-refractivity contribution < 1.29 is 10.2 Å². The number of hydrogen-bond acceptors (Lipinski definition) is 8. The molecule has 0 radical (unpaired) electrons. The second-order valence-electron chi connectivity index (χ2n) is 11.7. The molecule has 0 bridgehead atoms. The number of fused-ring (bicyclic) bond motifs is 2. The summed E-state index contributed by atoms with van der Waals surface area (Å²) in [6, 6.07) is 21.1. The van der Waals surface area contributed by atoms with E-state index in [0.717, 1.165) is 80.5 Å². The molecule has 234 valence electrons. The summed E-state index contributed by atoms with van der Waals surface area (Å²) in [6.07, 6.45) is 10.8. The summed E-state index contributed by atoms with van der Waals surface area (Å²) in [4.78, 5) is 18.9. The Bertz CT molecular complexity index is 1830. The van der Waals surface area contributed by atoms with Crippen molar-refractivity contribution in [3.8, 4) is 11.1 Å². The van der Waals surface area contributed by atoms with Gasteiger partial charge in [0.1, 0.15) is 5.52 Å². The number of nitrogens with one attached hydrogen (secondary N) is 2. The number of benzene rings is 2. The zero-order valence-electron chi connectivity index (χ0n) is 26.4. The van der Waals surface area contributed by atoms with Gasteiger partial charge in [0.2, 0.25) is 0 Å². The van der Waals surface area contributed by atoms with Crippen LogP contribution in [-0.2, 0) is 19.4 Å². The fourth-order valence-corrected chi connectivity index (χ4v) is 6.01. The summed E-state index contributed by atoms with van der Waals surface area (Å²) in [5, 5.41) is 27.1. The highest BCUT2D eigenvalue weighted by Crippen LogP contribution is 2.35. The van der Waals surface area contributed by atoms with E-state index >= 15 is 0 Å². The summed E-state index contributed by atoms with van der Waals surface area (Å²) in [6.45, 7) is 5.87. The molecule has 0 aliphatic carbocycles. The van der Waals surface area contributed by atoms with E-state index < -0.39 is 0 Å². The minimum absolute atomic E-state index is 0.112. The second-order valence-corrected chi connectivity index (χ2v) is 11.7.